The molecule has 0 bridgehead atoms. The summed E-state index contributed by atoms with van der Waals surface area (Å²) in [5, 5.41) is 11.0. The number of nitrogens with zero attached hydrogens (tertiary/aromatic N) is 2. The van der Waals surface area contributed by atoms with Crippen molar-refractivity contribution >= 4 is 23.1 Å². The molecule has 0 saturated carbocycles. The van der Waals surface area contributed by atoms with E-state index < -0.39 is 11.7 Å². The van der Waals surface area contributed by atoms with Gasteiger partial charge in [0.1, 0.15) is 24.0 Å². The van der Waals surface area contributed by atoms with Gasteiger partial charge >= 0.3 is 0 Å². The zero-order valence-corrected chi connectivity index (χ0v) is 22.9. The fraction of sp³-hybridized carbons (Fsp3) is 0.250. The minimum absolute atomic E-state index is 0.0154. The molecule has 0 saturated heterocycles. The van der Waals surface area contributed by atoms with Crippen LogP contribution in [-0.2, 0) is 11.4 Å². The quantitative estimate of drug-likeness (QED) is 0.367. The number of nitriles is 1. The van der Waals surface area contributed by atoms with Crippen LogP contribution in [0.4, 0.5) is 10.1 Å². The lowest BCUT2D eigenvalue weighted by Gasteiger charge is -2.40. The fourth-order valence-corrected chi connectivity index (χ4v) is 5.88. The number of hydrogen-bond donors (Lipinski definition) is 1. The van der Waals surface area contributed by atoms with E-state index in [-0.39, 0.29) is 17.2 Å². The first-order valence-corrected chi connectivity index (χ1v) is 13.3. The van der Waals surface area contributed by atoms with Crippen molar-refractivity contribution in [1.82, 2.24) is 0 Å². The highest BCUT2D eigenvalue weighted by atomic mass is 35.5. The van der Waals surface area contributed by atoms with Gasteiger partial charge < -0.3 is 10.5 Å². The standard InChI is InChI=1S/C32H29ClFN3O2/c1-18-12-21(17-39-29-11-10-22(33)14-19(29)2)20(3)25(13-18)30-26(16-35)32(36)37(24-7-4-6-23(34)15-24)27-8-5-9-28(38)31(27)30/h4,6-7,10-15,30H,5,8-9,17,36H2,1-3H3. The molecule has 0 aromatic heterocycles. The molecule has 0 fully saturated rings. The lowest BCUT2D eigenvalue weighted by atomic mass is 9.73. The van der Waals surface area contributed by atoms with Crippen molar-refractivity contribution in [3.05, 3.63) is 116 Å². The number of allylic oxidation sites excluding steroid dienone is 3. The van der Waals surface area contributed by atoms with Gasteiger partial charge in [-0.1, -0.05) is 35.4 Å². The topological polar surface area (TPSA) is 79.3 Å². The SMILES string of the molecule is Cc1cc(COc2ccc(Cl)cc2C)c(C)c(C2C(C#N)=C(N)N(c3cccc(F)c3)C3=C2C(=O)CCC3)c1. The number of halogens is 2. The molecule has 198 valence electrons. The fourth-order valence-electron chi connectivity index (χ4n) is 5.65. The number of ketones is 1. The monoisotopic (exact) mass is 541 g/mol. The van der Waals surface area contributed by atoms with Crippen LogP contribution in [0.25, 0.3) is 0 Å². The summed E-state index contributed by atoms with van der Waals surface area (Å²) in [5.74, 6) is -0.0890. The second-order valence-corrected chi connectivity index (χ2v) is 10.6. The maximum atomic E-state index is 14.2. The molecule has 0 amide bonds. The molecular formula is C32H29ClFN3O2. The number of hydrogen-bond acceptors (Lipinski definition) is 5. The van der Waals surface area contributed by atoms with E-state index in [1.807, 2.05) is 39.0 Å². The van der Waals surface area contributed by atoms with Crippen LogP contribution in [-0.4, -0.2) is 5.78 Å². The maximum absolute atomic E-state index is 14.2. The van der Waals surface area contributed by atoms with Gasteiger partial charge in [-0.2, -0.15) is 5.26 Å². The average molecular weight is 542 g/mol. The van der Waals surface area contributed by atoms with Crippen LogP contribution in [0, 0.1) is 37.9 Å². The molecule has 2 N–H and O–H groups in total. The number of aryl methyl sites for hydroxylation is 2. The van der Waals surface area contributed by atoms with Crippen molar-refractivity contribution in [3.8, 4) is 11.8 Å². The van der Waals surface area contributed by atoms with Gasteiger partial charge in [0.25, 0.3) is 0 Å². The highest BCUT2D eigenvalue weighted by Gasteiger charge is 2.41. The first kappa shape index (κ1) is 26.5. The summed E-state index contributed by atoms with van der Waals surface area (Å²) < 4.78 is 20.4. The summed E-state index contributed by atoms with van der Waals surface area (Å²) in [4.78, 5) is 15.2. The smallest absolute Gasteiger partial charge is 0.161 e. The Morgan fingerprint density at radius 3 is 2.64 bits per heavy atom. The van der Waals surface area contributed by atoms with Gasteiger partial charge in [0.05, 0.1) is 23.2 Å². The molecule has 1 aliphatic carbocycles. The van der Waals surface area contributed by atoms with Crippen LogP contribution in [0.3, 0.4) is 0 Å². The molecule has 0 spiro atoms. The van der Waals surface area contributed by atoms with Crippen LogP contribution in [0.5, 0.6) is 5.75 Å². The van der Waals surface area contributed by atoms with E-state index in [1.165, 1.54) is 12.1 Å². The van der Waals surface area contributed by atoms with E-state index >= 15 is 0 Å². The summed E-state index contributed by atoms with van der Waals surface area (Å²) in [6, 6.07) is 17.9. The first-order valence-electron chi connectivity index (χ1n) is 12.9. The molecule has 7 heteroatoms. The minimum Gasteiger partial charge on any atom is -0.489 e. The molecule has 1 heterocycles. The van der Waals surface area contributed by atoms with Crippen molar-refractivity contribution in [2.24, 2.45) is 5.73 Å². The summed E-state index contributed by atoms with van der Waals surface area (Å²) in [6.45, 7) is 6.22. The number of carbonyl (C=O) groups is 1. The van der Waals surface area contributed by atoms with Gasteiger partial charge in [-0.15, -0.1) is 0 Å². The number of ether oxygens (including phenoxy) is 1. The van der Waals surface area contributed by atoms with Crippen LogP contribution in [0.15, 0.2) is 77.3 Å². The average Bonchev–Trinajstić information content (AvgIpc) is 2.89. The Balaban J connectivity index is 1.63. The number of nitrogens with two attached hydrogens (primary N) is 1. The predicted molar refractivity (Wildman–Crippen MR) is 151 cm³/mol. The van der Waals surface area contributed by atoms with E-state index in [0.717, 1.165) is 39.3 Å². The zero-order valence-electron chi connectivity index (χ0n) is 22.1. The summed E-state index contributed by atoms with van der Waals surface area (Å²) >= 11 is 6.10. The molecule has 1 unspecified atom stereocenters. The lowest BCUT2D eigenvalue weighted by molar-refractivity contribution is -0.116. The molecule has 3 aromatic carbocycles. The van der Waals surface area contributed by atoms with Crippen molar-refractivity contribution in [3.63, 3.8) is 0 Å². The Morgan fingerprint density at radius 1 is 1.13 bits per heavy atom. The van der Waals surface area contributed by atoms with E-state index in [9.17, 15) is 14.4 Å². The highest BCUT2D eigenvalue weighted by molar-refractivity contribution is 6.30. The number of benzene rings is 3. The molecule has 2 aliphatic rings. The van der Waals surface area contributed by atoms with Gasteiger partial charge in [-0.05, 0) is 92.3 Å². The highest BCUT2D eigenvalue weighted by Crippen LogP contribution is 2.47. The molecule has 3 aromatic rings. The molecular weight excluding hydrogens is 513 g/mol. The summed E-state index contributed by atoms with van der Waals surface area (Å²) in [5.41, 5.74) is 13.4. The third kappa shape index (κ3) is 4.91. The summed E-state index contributed by atoms with van der Waals surface area (Å²) in [6.07, 6.45) is 1.66. The summed E-state index contributed by atoms with van der Waals surface area (Å²) in [7, 11) is 0. The third-order valence-corrected chi connectivity index (χ3v) is 7.75. The maximum Gasteiger partial charge on any atom is 0.161 e. The van der Waals surface area contributed by atoms with Gasteiger partial charge in [-0.3, -0.25) is 9.69 Å². The Kier molecular flexibility index (Phi) is 7.20. The number of carbonyl (C=O) groups excluding carboxylic acids is 1. The number of rotatable bonds is 5. The lowest BCUT2D eigenvalue weighted by Crippen LogP contribution is -2.39. The first-order chi connectivity index (χ1) is 18.7. The number of Topliss-reactive ketones (excluding diaryl/α,β-unsaturated/α-hetero) is 1. The van der Waals surface area contributed by atoms with Crippen LogP contribution < -0.4 is 15.4 Å². The van der Waals surface area contributed by atoms with Crippen molar-refractivity contribution in [2.75, 3.05) is 4.90 Å². The second-order valence-electron chi connectivity index (χ2n) is 10.1. The Morgan fingerprint density at radius 2 is 1.92 bits per heavy atom. The van der Waals surface area contributed by atoms with Gasteiger partial charge in [-0.25, -0.2) is 4.39 Å². The van der Waals surface area contributed by atoms with Crippen LogP contribution in [0.1, 0.15) is 53.0 Å². The second kappa shape index (κ2) is 10.6. The Bertz CT molecular complexity index is 1600. The van der Waals surface area contributed by atoms with Gasteiger partial charge in [0, 0.05) is 22.7 Å². The Labute approximate surface area is 233 Å². The molecule has 1 aliphatic heterocycles. The molecule has 1 atom stereocenters. The molecule has 5 nitrogen and oxygen atoms in total. The van der Waals surface area contributed by atoms with Crippen molar-refractivity contribution in [2.45, 2.75) is 52.6 Å². The van der Waals surface area contributed by atoms with Crippen LogP contribution in [0.2, 0.25) is 5.02 Å². The van der Waals surface area contributed by atoms with E-state index in [0.29, 0.717) is 42.2 Å². The van der Waals surface area contributed by atoms with Gasteiger partial charge in [0.15, 0.2) is 5.78 Å². The zero-order chi connectivity index (χ0) is 27.8. The van der Waals surface area contributed by atoms with E-state index in [1.54, 1.807) is 23.1 Å². The van der Waals surface area contributed by atoms with Crippen molar-refractivity contribution < 1.29 is 13.9 Å². The van der Waals surface area contributed by atoms with E-state index in [2.05, 4.69) is 12.1 Å². The Hall–Kier alpha value is -4.08. The predicted octanol–water partition coefficient (Wildman–Crippen LogP) is 7.29. The van der Waals surface area contributed by atoms with Crippen molar-refractivity contribution in [1.29, 1.82) is 5.26 Å². The number of anilines is 1. The van der Waals surface area contributed by atoms with Crippen LogP contribution >= 0.6 is 11.6 Å². The third-order valence-electron chi connectivity index (χ3n) is 7.51. The molecule has 0 radical (unpaired) electrons. The largest absolute Gasteiger partial charge is 0.489 e. The van der Waals surface area contributed by atoms with E-state index in [4.69, 9.17) is 22.1 Å². The van der Waals surface area contributed by atoms with Gasteiger partial charge in [0.2, 0.25) is 0 Å². The molecule has 5 rings (SSSR count). The molecule has 39 heavy (non-hydrogen) atoms. The normalized spacial score (nSPS) is 17.3. The minimum atomic E-state index is -0.612.